The van der Waals surface area contributed by atoms with Crippen molar-refractivity contribution in [2.75, 3.05) is 13.1 Å². The molecule has 2 atom stereocenters. The van der Waals surface area contributed by atoms with Gasteiger partial charge in [-0.25, -0.2) is 0 Å². The standard InChI is InChI=1S/C22H23N3O4/c23-21(24)14-3-6-20-15(9-14)10-18(29-20)11-19(22(26)27)13-1-4-16(5-2-13)28-17-7-8-25-12-17/h1-6,9-10,17,19,25H,7-8,11-12H2,(H3,23,24)(H,26,27)/t17-,19?/m0/s1. The van der Waals surface area contributed by atoms with Gasteiger partial charge in [0.25, 0.3) is 0 Å². The third-order valence-corrected chi connectivity index (χ3v) is 5.18. The molecule has 2 aromatic carbocycles. The smallest absolute Gasteiger partial charge is 0.311 e. The number of hydrogen-bond acceptors (Lipinski definition) is 5. The van der Waals surface area contributed by atoms with Crippen molar-refractivity contribution >= 4 is 22.8 Å². The van der Waals surface area contributed by atoms with Crippen LogP contribution in [0.2, 0.25) is 0 Å². The Bertz CT molecular complexity index is 1040. The van der Waals surface area contributed by atoms with Gasteiger partial charge < -0.3 is 25.3 Å². The number of fused-ring (bicyclic) bond motifs is 1. The Labute approximate surface area is 168 Å². The van der Waals surface area contributed by atoms with Gasteiger partial charge in [0.15, 0.2) is 0 Å². The Hall–Kier alpha value is -3.32. The van der Waals surface area contributed by atoms with Crippen molar-refractivity contribution < 1.29 is 19.1 Å². The summed E-state index contributed by atoms with van der Waals surface area (Å²) in [7, 11) is 0. The fourth-order valence-electron chi connectivity index (χ4n) is 3.62. The van der Waals surface area contributed by atoms with Crippen molar-refractivity contribution in [3.05, 3.63) is 65.4 Å². The molecule has 0 radical (unpaired) electrons. The third-order valence-electron chi connectivity index (χ3n) is 5.18. The lowest BCUT2D eigenvalue weighted by Crippen LogP contribution is -2.19. The molecule has 1 saturated heterocycles. The number of aliphatic carboxylic acids is 1. The van der Waals surface area contributed by atoms with Crippen molar-refractivity contribution in [2.45, 2.75) is 24.9 Å². The van der Waals surface area contributed by atoms with E-state index in [4.69, 9.17) is 20.3 Å². The molecule has 0 saturated carbocycles. The maximum Gasteiger partial charge on any atom is 0.311 e. The van der Waals surface area contributed by atoms with Gasteiger partial charge in [-0.2, -0.15) is 0 Å². The van der Waals surface area contributed by atoms with Crippen LogP contribution in [0.3, 0.4) is 0 Å². The predicted octanol–water partition coefficient (Wildman–Crippen LogP) is 2.87. The monoisotopic (exact) mass is 393 g/mol. The number of ether oxygens (including phenoxy) is 1. The SMILES string of the molecule is N=C(N)c1ccc2oc(CC(C(=O)O)c3ccc(O[C@H]4CCNC4)cc3)cc2c1. The van der Waals surface area contributed by atoms with Gasteiger partial charge in [0, 0.05) is 23.9 Å². The number of benzene rings is 2. The maximum absolute atomic E-state index is 11.9. The minimum Gasteiger partial charge on any atom is -0.489 e. The summed E-state index contributed by atoms with van der Waals surface area (Å²) in [5, 5.41) is 21.3. The highest BCUT2D eigenvalue weighted by Gasteiger charge is 2.23. The van der Waals surface area contributed by atoms with Gasteiger partial charge in [-0.05, 0) is 54.9 Å². The fraction of sp³-hybridized carbons (Fsp3) is 0.273. The van der Waals surface area contributed by atoms with Crippen LogP contribution in [-0.2, 0) is 11.2 Å². The first-order chi connectivity index (χ1) is 14.0. The van der Waals surface area contributed by atoms with Crippen LogP contribution in [0.5, 0.6) is 5.75 Å². The number of carbonyl (C=O) groups is 1. The molecule has 0 spiro atoms. The maximum atomic E-state index is 11.9. The molecule has 1 unspecified atom stereocenters. The summed E-state index contributed by atoms with van der Waals surface area (Å²) in [5.74, 6) is -0.347. The van der Waals surface area contributed by atoms with Crippen LogP contribution in [0.15, 0.2) is 52.9 Å². The highest BCUT2D eigenvalue weighted by atomic mass is 16.5. The lowest BCUT2D eigenvalue weighted by Gasteiger charge is -2.15. The molecule has 7 heteroatoms. The summed E-state index contributed by atoms with van der Waals surface area (Å²) in [6.07, 6.45) is 1.36. The van der Waals surface area contributed by atoms with Crippen molar-refractivity contribution in [1.29, 1.82) is 5.41 Å². The summed E-state index contributed by atoms with van der Waals surface area (Å²) in [6, 6.07) is 14.3. The molecule has 1 aliphatic heterocycles. The number of hydrogen-bond donors (Lipinski definition) is 4. The molecule has 29 heavy (non-hydrogen) atoms. The first-order valence-corrected chi connectivity index (χ1v) is 9.56. The lowest BCUT2D eigenvalue weighted by molar-refractivity contribution is -0.138. The summed E-state index contributed by atoms with van der Waals surface area (Å²) in [5.41, 5.74) is 7.47. The predicted molar refractivity (Wildman–Crippen MR) is 110 cm³/mol. The Morgan fingerprint density at radius 3 is 2.72 bits per heavy atom. The van der Waals surface area contributed by atoms with Crippen LogP contribution in [0, 0.1) is 5.41 Å². The van der Waals surface area contributed by atoms with Gasteiger partial charge in [-0.3, -0.25) is 10.2 Å². The van der Waals surface area contributed by atoms with Crippen molar-refractivity contribution in [1.82, 2.24) is 5.32 Å². The summed E-state index contributed by atoms with van der Waals surface area (Å²) in [6.45, 7) is 1.78. The van der Waals surface area contributed by atoms with E-state index in [-0.39, 0.29) is 18.4 Å². The number of furan rings is 1. The first-order valence-electron chi connectivity index (χ1n) is 9.56. The molecule has 150 valence electrons. The van der Waals surface area contributed by atoms with E-state index in [9.17, 15) is 9.90 Å². The van der Waals surface area contributed by atoms with E-state index in [1.807, 2.05) is 18.2 Å². The molecular formula is C22H23N3O4. The Balaban J connectivity index is 1.52. The third kappa shape index (κ3) is 4.25. The highest BCUT2D eigenvalue weighted by Crippen LogP contribution is 2.28. The molecule has 3 aromatic rings. The van der Waals surface area contributed by atoms with Gasteiger partial charge in [0.1, 0.15) is 29.0 Å². The van der Waals surface area contributed by atoms with Gasteiger partial charge >= 0.3 is 5.97 Å². The second-order valence-corrected chi connectivity index (χ2v) is 7.28. The minimum atomic E-state index is -0.913. The lowest BCUT2D eigenvalue weighted by atomic mass is 9.94. The van der Waals surface area contributed by atoms with E-state index in [0.717, 1.165) is 30.6 Å². The molecule has 7 nitrogen and oxygen atoms in total. The van der Waals surface area contributed by atoms with Gasteiger partial charge in [0.2, 0.25) is 0 Å². The van der Waals surface area contributed by atoms with Crippen LogP contribution in [0.25, 0.3) is 11.0 Å². The number of carboxylic acids is 1. The zero-order chi connectivity index (χ0) is 20.4. The zero-order valence-electron chi connectivity index (χ0n) is 15.9. The number of nitrogens with one attached hydrogen (secondary N) is 2. The highest BCUT2D eigenvalue weighted by molar-refractivity contribution is 5.98. The number of rotatable bonds is 7. The Morgan fingerprint density at radius 1 is 1.28 bits per heavy atom. The largest absolute Gasteiger partial charge is 0.489 e. The molecule has 2 heterocycles. The molecule has 0 bridgehead atoms. The van der Waals surface area contributed by atoms with E-state index in [2.05, 4.69) is 5.32 Å². The average molecular weight is 393 g/mol. The topological polar surface area (TPSA) is 122 Å². The summed E-state index contributed by atoms with van der Waals surface area (Å²) in [4.78, 5) is 11.9. The second-order valence-electron chi connectivity index (χ2n) is 7.28. The molecule has 1 aromatic heterocycles. The zero-order valence-corrected chi connectivity index (χ0v) is 15.9. The van der Waals surface area contributed by atoms with Gasteiger partial charge in [-0.15, -0.1) is 0 Å². The van der Waals surface area contributed by atoms with E-state index >= 15 is 0 Å². The molecule has 5 N–H and O–H groups in total. The van der Waals surface area contributed by atoms with Crippen molar-refractivity contribution in [3.8, 4) is 5.75 Å². The average Bonchev–Trinajstić information content (AvgIpc) is 3.35. The van der Waals surface area contributed by atoms with Crippen LogP contribution in [0.4, 0.5) is 0 Å². The second kappa shape index (κ2) is 7.97. The van der Waals surface area contributed by atoms with Crippen LogP contribution in [-0.4, -0.2) is 36.1 Å². The quantitative estimate of drug-likeness (QED) is 0.362. The fourth-order valence-corrected chi connectivity index (χ4v) is 3.62. The van der Waals surface area contributed by atoms with Gasteiger partial charge in [0.05, 0.1) is 5.92 Å². The molecule has 0 aliphatic carbocycles. The van der Waals surface area contributed by atoms with Crippen LogP contribution >= 0.6 is 0 Å². The molecular weight excluding hydrogens is 370 g/mol. The molecule has 4 rings (SSSR count). The Morgan fingerprint density at radius 2 is 2.07 bits per heavy atom. The van der Waals surface area contributed by atoms with Gasteiger partial charge in [-0.1, -0.05) is 12.1 Å². The van der Waals surface area contributed by atoms with Crippen molar-refractivity contribution in [3.63, 3.8) is 0 Å². The number of amidine groups is 1. The van der Waals surface area contributed by atoms with E-state index in [0.29, 0.717) is 22.5 Å². The number of carboxylic acid groups (broad SMARTS) is 1. The normalized spacial score (nSPS) is 17.3. The summed E-state index contributed by atoms with van der Waals surface area (Å²) >= 11 is 0. The first kappa shape index (κ1) is 19.0. The number of nitrogen functional groups attached to an aromatic ring is 1. The summed E-state index contributed by atoms with van der Waals surface area (Å²) < 4.78 is 11.7. The van der Waals surface area contributed by atoms with E-state index in [1.54, 1.807) is 30.3 Å². The van der Waals surface area contributed by atoms with E-state index < -0.39 is 11.9 Å². The number of nitrogens with two attached hydrogens (primary N) is 1. The Kier molecular flexibility index (Phi) is 5.22. The molecule has 1 aliphatic rings. The van der Waals surface area contributed by atoms with Crippen molar-refractivity contribution in [2.24, 2.45) is 5.73 Å². The van der Waals surface area contributed by atoms with Crippen LogP contribution < -0.4 is 15.8 Å². The van der Waals surface area contributed by atoms with Crippen LogP contribution in [0.1, 0.15) is 29.2 Å². The molecule has 1 fully saturated rings. The van der Waals surface area contributed by atoms with E-state index in [1.165, 1.54) is 0 Å². The minimum absolute atomic E-state index is 0.0197. The molecule has 0 amide bonds.